The first-order chi connectivity index (χ1) is 8.74. The van der Waals surface area contributed by atoms with Crippen molar-refractivity contribution < 1.29 is 14.3 Å². The second kappa shape index (κ2) is 5.64. The number of benzene rings is 1. The van der Waals surface area contributed by atoms with E-state index in [0.29, 0.717) is 12.1 Å². The van der Waals surface area contributed by atoms with Crippen molar-refractivity contribution in [2.24, 2.45) is 0 Å². The summed E-state index contributed by atoms with van der Waals surface area (Å²) in [7, 11) is 2.99. The Balaban J connectivity index is 2.19. The lowest BCUT2D eigenvalue weighted by Gasteiger charge is -2.05. The number of methoxy groups -OCH3 is 2. The third-order valence-electron chi connectivity index (χ3n) is 2.48. The summed E-state index contributed by atoms with van der Waals surface area (Å²) in [6.07, 6.45) is 0.645. The molecule has 0 N–H and O–H groups in total. The molecule has 0 atom stereocenters. The van der Waals surface area contributed by atoms with Crippen LogP contribution in [0.2, 0.25) is 0 Å². The lowest BCUT2D eigenvalue weighted by atomic mass is 10.1. The van der Waals surface area contributed by atoms with Gasteiger partial charge in [-0.05, 0) is 6.07 Å². The van der Waals surface area contributed by atoms with Crippen LogP contribution in [0.4, 0.5) is 0 Å². The highest BCUT2D eigenvalue weighted by molar-refractivity contribution is 7.09. The predicted octanol–water partition coefficient (Wildman–Crippen LogP) is 2.53. The minimum absolute atomic E-state index is 0.354. The van der Waals surface area contributed by atoms with Crippen LogP contribution in [0, 0.1) is 0 Å². The summed E-state index contributed by atoms with van der Waals surface area (Å²) < 4.78 is 9.90. The normalized spacial score (nSPS) is 10.1. The molecule has 94 valence electrons. The molecule has 0 radical (unpaired) electrons. The van der Waals surface area contributed by atoms with Crippen LogP contribution in [0.5, 0.6) is 5.75 Å². The van der Waals surface area contributed by atoms with Crippen molar-refractivity contribution in [1.29, 1.82) is 0 Å². The van der Waals surface area contributed by atoms with E-state index in [-0.39, 0.29) is 0 Å². The van der Waals surface area contributed by atoms with E-state index in [1.165, 1.54) is 18.4 Å². The van der Waals surface area contributed by atoms with Crippen LogP contribution >= 0.6 is 11.3 Å². The molecule has 0 unspecified atom stereocenters. The predicted molar refractivity (Wildman–Crippen MR) is 69.3 cm³/mol. The van der Waals surface area contributed by atoms with E-state index in [1.54, 1.807) is 12.5 Å². The van der Waals surface area contributed by atoms with E-state index in [4.69, 9.17) is 4.74 Å². The minimum atomic E-state index is -0.405. The number of hydrogen-bond acceptors (Lipinski definition) is 5. The SMILES string of the molecule is COC(=O)c1csc(Cc2ccccc2OC)n1. The van der Waals surface area contributed by atoms with E-state index >= 15 is 0 Å². The van der Waals surface area contributed by atoms with Gasteiger partial charge in [-0.3, -0.25) is 0 Å². The number of nitrogens with zero attached hydrogens (tertiary/aromatic N) is 1. The number of ether oxygens (including phenoxy) is 2. The van der Waals surface area contributed by atoms with E-state index in [9.17, 15) is 4.79 Å². The molecule has 18 heavy (non-hydrogen) atoms. The average Bonchev–Trinajstić information content (AvgIpc) is 2.87. The molecule has 1 aromatic heterocycles. The molecule has 5 heteroatoms. The fourth-order valence-electron chi connectivity index (χ4n) is 1.60. The fraction of sp³-hybridized carbons (Fsp3) is 0.231. The maximum Gasteiger partial charge on any atom is 0.357 e. The van der Waals surface area contributed by atoms with Crippen LogP contribution in [0.15, 0.2) is 29.6 Å². The molecular weight excluding hydrogens is 250 g/mol. The number of carbonyl (C=O) groups is 1. The van der Waals surface area contributed by atoms with Gasteiger partial charge in [-0.15, -0.1) is 11.3 Å². The zero-order chi connectivity index (χ0) is 13.0. The Bertz CT molecular complexity index is 551. The number of hydrogen-bond donors (Lipinski definition) is 0. The van der Waals surface area contributed by atoms with E-state index < -0.39 is 5.97 Å². The average molecular weight is 263 g/mol. The topological polar surface area (TPSA) is 48.4 Å². The Morgan fingerprint density at radius 2 is 2.11 bits per heavy atom. The summed E-state index contributed by atoms with van der Waals surface area (Å²) in [5.74, 6) is 0.421. The Kier molecular flexibility index (Phi) is 3.94. The number of aromatic nitrogens is 1. The van der Waals surface area contributed by atoms with Crippen molar-refractivity contribution in [1.82, 2.24) is 4.98 Å². The first-order valence-corrected chi connectivity index (χ1v) is 6.27. The van der Waals surface area contributed by atoms with E-state index in [0.717, 1.165) is 16.3 Å². The first kappa shape index (κ1) is 12.6. The summed E-state index contributed by atoms with van der Waals surface area (Å²) in [6.45, 7) is 0. The zero-order valence-electron chi connectivity index (χ0n) is 10.2. The number of carbonyl (C=O) groups excluding carboxylic acids is 1. The van der Waals surface area contributed by atoms with Gasteiger partial charge in [-0.1, -0.05) is 18.2 Å². The van der Waals surface area contributed by atoms with Crippen LogP contribution in [0.1, 0.15) is 21.1 Å². The summed E-state index contributed by atoms with van der Waals surface area (Å²) in [6, 6.07) is 7.76. The lowest BCUT2D eigenvalue weighted by Crippen LogP contribution is -2.01. The Morgan fingerprint density at radius 3 is 2.83 bits per heavy atom. The standard InChI is InChI=1S/C13H13NO3S/c1-16-11-6-4-3-5-9(11)7-12-14-10(8-18-12)13(15)17-2/h3-6,8H,7H2,1-2H3. The minimum Gasteiger partial charge on any atom is -0.496 e. The maximum atomic E-state index is 11.3. The Morgan fingerprint density at radius 1 is 1.33 bits per heavy atom. The molecule has 0 fully saturated rings. The quantitative estimate of drug-likeness (QED) is 0.795. The molecule has 0 spiro atoms. The third kappa shape index (κ3) is 2.68. The van der Waals surface area contributed by atoms with E-state index in [1.807, 2.05) is 24.3 Å². The lowest BCUT2D eigenvalue weighted by molar-refractivity contribution is 0.0594. The summed E-state index contributed by atoms with van der Waals surface area (Å²) in [4.78, 5) is 15.5. The van der Waals surface area contributed by atoms with Crippen molar-refractivity contribution in [2.75, 3.05) is 14.2 Å². The highest BCUT2D eigenvalue weighted by atomic mass is 32.1. The smallest absolute Gasteiger partial charge is 0.357 e. The van der Waals surface area contributed by atoms with Crippen molar-refractivity contribution in [2.45, 2.75) is 6.42 Å². The van der Waals surface area contributed by atoms with Gasteiger partial charge >= 0.3 is 5.97 Å². The van der Waals surface area contributed by atoms with Gasteiger partial charge in [0, 0.05) is 17.4 Å². The third-order valence-corrected chi connectivity index (χ3v) is 3.33. The van der Waals surface area contributed by atoms with Gasteiger partial charge in [0.25, 0.3) is 0 Å². The zero-order valence-corrected chi connectivity index (χ0v) is 11.0. The van der Waals surface area contributed by atoms with Crippen molar-refractivity contribution in [3.05, 3.63) is 45.9 Å². The molecular formula is C13H13NO3S. The Hall–Kier alpha value is -1.88. The summed E-state index contributed by atoms with van der Waals surface area (Å²) in [5.41, 5.74) is 1.40. The monoisotopic (exact) mass is 263 g/mol. The highest BCUT2D eigenvalue weighted by Crippen LogP contribution is 2.22. The summed E-state index contributed by atoms with van der Waals surface area (Å²) in [5, 5.41) is 2.57. The Labute approximate surface area is 109 Å². The molecule has 0 saturated heterocycles. The van der Waals surface area contributed by atoms with Gasteiger partial charge < -0.3 is 9.47 Å². The number of para-hydroxylation sites is 1. The van der Waals surface area contributed by atoms with Gasteiger partial charge in [-0.25, -0.2) is 9.78 Å². The van der Waals surface area contributed by atoms with Crippen LogP contribution in [-0.2, 0) is 11.2 Å². The summed E-state index contributed by atoms with van der Waals surface area (Å²) >= 11 is 1.44. The van der Waals surface area contributed by atoms with Crippen LogP contribution in [-0.4, -0.2) is 25.2 Å². The molecule has 0 amide bonds. The molecule has 1 heterocycles. The van der Waals surface area contributed by atoms with Crippen molar-refractivity contribution in [3.63, 3.8) is 0 Å². The van der Waals surface area contributed by atoms with Gasteiger partial charge in [0.05, 0.1) is 19.2 Å². The largest absolute Gasteiger partial charge is 0.496 e. The van der Waals surface area contributed by atoms with E-state index in [2.05, 4.69) is 9.72 Å². The molecule has 0 saturated carbocycles. The van der Waals surface area contributed by atoms with Gasteiger partial charge in [-0.2, -0.15) is 0 Å². The molecule has 1 aromatic carbocycles. The second-order valence-electron chi connectivity index (χ2n) is 3.61. The van der Waals surface area contributed by atoms with Gasteiger partial charge in [0.2, 0.25) is 0 Å². The molecule has 0 aliphatic rings. The maximum absolute atomic E-state index is 11.3. The second-order valence-corrected chi connectivity index (χ2v) is 4.55. The molecule has 0 aliphatic heterocycles. The first-order valence-electron chi connectivity index (χ1n) is 5.39. The molecule has 2 aromatic rings. The number of rotatable bonds is 4. The molecule has 0 aliphatic carbocycles. The van der Waals surface area contributed by atoms with Crippen LogP contribution < -0.4 is 4.74 Å². The molecule has 4 nitrogen and oxygen atoms in total. The fourth-order valence-corrected chi connectivity index (χ4v) is 2.39. The number of esters is 1. The van der Waals surface area contributed by atoms with Crippen molar-refractivity contribution in [3.8, 4) is 5.75 Å². The molecule has 0 bridgehead atoms. The van der Waals surface area contributed by atoms with Crippen molar-refractivity contribution >= 4 is 17.3 Å². The van der Waals surface area contributed by atoms with Gasteiger partial charge in [0.1, 0.15) is 5.75 Å². The highest BCUT2D eigenvalue weighted by Gasteiger charge is 2.12. The number of thiazole rings is 1. The van der Waals surface area contributed by atoms with Crippen LogP contribution in [0.25, 0.3) is 0 Å². The van der Waals surface area contributed by atoms with Crippen LogP contribution in [0.3, 0.4) is 0 Å². The molecule has 2 rings (SSSR count). The van der Waals surface area contributed by atoms with Gasteiger partial charge in [0.15, 0.2) is 5.69 Å².